The molecule has 1 aliphatic carbocycles. The zero-order chi connectivity index (χ0) is 14.6. The van der Waals surface area contributed by atoms with Crippen molar-refractivity contribution in [3.63, 3.8) is 0 Å². The zero-order valence-corrected chi connectivity index (χ0v) is 14.4. The van der Waals surface area contributed by atoms with Crippen molar-refractivity contribution in [2.75, 3.05) is 6.54 Å². The Bertz CT molecular complexity index is 417. The maximum absolute atomic E-state index is 4.97. The number of nitrogens with one attached hydrogen (secondary N) is 1. The highest BCUT2D eigenvalue weighted by atomic mass is 32.1. The van der Waals surface area contributed by atoms with Crippen molar-refractivity contribution < 1.29 is 0 Å². The third kappa shape index (κ3) is 3.25. The Morgan fingerprint density at radius 1 is 1.25 bits per heavy atom. The molecule has 0 amide bonds. The van der Waals surface area contributed by atoms with Gasteiger partial charge in [0.25, 0.3) is 0 Å². The summed E-state index contributed by atoms with van der Waals surface area (Å²) < 4.78 is 0. The van der Waals surface area contributed by atoms with E-state index in [9.17, 15) is 0 Å². The van der Waals surface area contributed by atoms with E-state index in [0.717, 1.165) is 18.9 Å². The molecule has 114 valence electrons. The van der Waals surface area contributed by atoms with Crippen LogP contribution < -0.4 is 5.32 Å². The van der Waals surface area contributed by atoms with Crippen LogP contribution in [0.5, 0.6) is 0 Å². The highest BCUT2D eigenvalue weighted by Gasteiger charge is 2.38. The largest absolute Gasteiger partial charge is 0.306 e. The van der Waals surface area contributed by atoms with E-state index in [1.807, 2.05) is 11.3 Å². The first-order valence-electron chi connectivity index (χ1n) is 8.37. The van der Waals surface area contributed by atoms with E-state index in [1.165, 1.54) is 54.1 Å². The lowest BCUT2D eigenvalue weighted by Gasteiger charge is -2.39. The number of rotatable bonds is 6. The highest BCUT2D eigenvalue weighted by Crippen LogP contribution is 2.42. The molecule has 0 aromatic carbocycles. The third-order valence-electron chi connectivity index (χ3n) is 4.81. The molecule has 3 heteroatoms. The summed E-state index contributed by atoms with van der Waals surface area (Å²) in [5.41, 5.74) is 1.47. The molecular weight excluding hydrogens is 264 g/mol. The van der Waals surface area contributed by atoms with Crippen LogP contribution >= 0.6 is 11.3 Å². The lowest BCUT2D eigenvalue weighted by molar-refractivity contribution is 0.184. The van der Waals surface area contributed by atoms with Crippen LogP contribution in [0.15, 0.2) is 0 Å². The van der Waals surface area contributed by atoms with E-state index in [2.05, 4.69) is 33.0 Å². The van der Waals surface area contributed by atoms with Crippen LogP contribution in [-0.4, -0.2) is 11.5 Å². The summed E-state index contributed by atoms with van der Waals surface area (Å²) in [6.07, 6.45) is 9.04. The molecule has 1 N–H and O–H groups in total. The van der Waals surface area contributed by atoms with Crippen LogP contribution in [0.1, 0.15) is 74.9 Å². The minimum atomic E-state index is 0.168. The number of nitrogens with zero attached hydrogens (tertiary/aromatic N) is 1. The molecule has 1 saturated carbocycles. The molecule has 0 aliphatic heterocycles. The average molecular weight is 295 g/mol. The van der Waals surface area contributed by atoms with Gasteiger partial charge in [0.2, 0.25) is 0 Å². The monoisotopic (exact) mass is 294 g/mol. The number of aromatic nitrogens is 1. The van der Waals surface area contributed by atoms with Gasteiger partial charge in [0, 0.05) is 4.88 Å². The fourth-order valence-corrected chi connectivity index (χ4v) is 4.86. The Hall–Kier alpha value is -0.410. The Labute approximate surface area is 128 Å². The Balaban J connectivity index is 2.17. The van der Waals surface area contributed by atoms with E-state index in [0.29, 0.717) is 0 Å². The van der Waals surface area contributed by atoms with E-state index in [1.54, 1.807) is 0 Å². The van der Waals surface area contributed by atoms with Gasteiger partial charge in [0.05, 0.1) is 11.2 Å². The van der Waals surface area contributed by atoms with Crippen molar-refractivity contribution in [1.29, 1.82) is 0 Å². The van der Waals surface area contributed by atoms with Gasteiger partial charge >= 0.3 is 0 Å². The predicted molar refractivity (Wildman–Crippen MR) is 88.4 cm³/mol. The number of aryl methyl sites for hydroxylation is 2. The first-order chi connectivity index (χ1) is 9.65. The quantitative estimate of drug-likeness (QED) is 0.814. The van der Waals surface area contributed by atoms with Gasteiger partial charge in [0.15, 0.2) is 0 Å². The Morgan fingerprint density at radius 2 is 1.95 bits per heavy atom. The van der Waals surface area contributed by atoms with Crippen molar-refractivity contribution in [2.45, 2.75) is 78.2 Å². The maximum Gasteiger partial charge on any atom is 0.113 e. The van der Waals surface area contributed by atoms with Crippen molar-refractivity contribution >= 4 is 11.3 Å². The molecular formula is C17H30N2S. The molecule has 0 unspecified atom stereocenters. The second-order valence-corrected chi connectivity index (χ2v) is 7.42. The molecule has 20 heavy (non-hydrogen) atoms. The van der Waals surface area contributed by atoms with E-state index >= 15 is 0 Å². The summed E-state index contributed by atoms with van der Waals surface area (Å²) in [4.78, 5) is 6.38. The standard InChI is InChI=1S/C17H30N2S/c1-5-8-14-9-11-17(12-10-14,18-7-3)16-19-15(6-2)13(4)20-16/h14,18H,5-12H2,1-4H3. The van der Waals surface area contributed by atoms with Crippen molar-refractivity contribution in [3.8, 4) is 0 Å². The zero-order valence-electron chi connectivity index (χ0n) is 13.6. The summed E-state index contributed by atoms with van der Waals surface area (Å²) in [7, 11) is 0. The van der Waals surface area contributed by atoms with Crippen LogP contribution in [0.4, 0.5) is 0 Å². The van der Waals surface area contributed by atoms with E-state index in [-0.39, 0.29) is 5.54 Å². The second kappa shape index (κ2) is 7.04. The molecule has 1 aromatic rings. The lowest BCUT2D eigenvalue weighted by Crippen LogP contribution is -2.45. The summed E-state index contributed by atoms with van der Waals surface area (Å²) in [5, 5.41) is 5.14. The van der Waals surface area contributed by atoms with Crippen molar-refractivity contribution in [1.82, 2.24) is 10.3 Å². The van der Waals surface area contributed by atoms with E-state index < -0.39 is 0 Å². The molecule has 0 bridgehead atoms. The molecule has 1 fully saturated rings. The molecule has 2 rings (SSSR count). The minimum Gasteiger partial charge on any atom is -0.306 e. The van der Waals surface area contributed by atoms with Gasteiger partial charge < -0.3 is 5.32 Å². The topological polar surface area (TPSA) is 24.9 Å². The van der Waals surface area contributed by atoms with Crippen molar-refractivity contribution in [2.24, 2.45) is 5.92 Å². The van der Waals surface area contributed by atoms with Crippen LogP contribution in [-0.2, 0) is 12.0 Å². The summed E-state index contributed by atoms with van der Waals surface area (Å²) in [5.74, 6) is 0.943. The average Bonchev–Trinajstić information content (AvgIpc) is 2.83. The van der Waals surface area contributed by atoms with Crippen LogP contribution in [0.3, 0.4) is 0 Å². The van der Waals surface area contributed by atoms with Crippen LogP contribution in [0.2, 0.25) is 0 Å². The SMILES string of the molecule is CCCC1CCC(NCC)(c2nc(CC)c(C)s2)CC1. The lowest BCUT2D eigenvalue weighted by atomic mass is 9.75. The van der Waals surface area contributed by atoms with Gasteiger partial charge in [-0.2, -0.15) is 0 Å². The smallest absolute Gasteiger partial charge is 0.113 e. The third-order valence-corrected chi connectivity index (χ3v) is 6.02. The fraction of sp³-hybridized carbons (Fsp3) is 0.824. The molecule has 0 saturated heterocycles. The van der Waals surface area contributed by atoms with Crippen LogP contribution in [0, 0.1) is 12.8 Å². The molecule has 1 aliphatic rings. The molecule has 0 atom stereocenters. The first kappa shape index (κ1) is 16.0. The normalized spacial score (nSPS) is 26.9. The molecule has 1 aromatic heterocycles. The van der Waals surface area contributed by atoms with Gasteiger partial charge in [-0.15, -0.1) is 11.3 Å². The van der Waals surface area contributed by atoms with Gasteiger partial charge in [-0.1, -0.05) is 33.6 Å². The van der Waals surface area contributed by atoms with Gasteiger partial charge in [-0.25, -0.2) is 4.98 Å². The number of hydrogen-bond acceptors (Lipinski definition) is 3. The number of hydrogen-bond donors (Lipinski definition) is 1. The maximum atomic E-state index is 4.97. The van der Waals surface area contributed by atoms with Gasteiger partial charge in [-0.3, -0.25) is 0 Å². The summed E-state index contributed by atoms with van der Waals surface area (Å²) >= 11 is 1.93. The predicted octanol–water partition coefficient (Wildman–Crippen LogP) is 4.81. The highest BCUT2D eigenvalue weighted by molar-refractivity contribution is 7.11. The molecule has 0 radical (unpaired) electrons. The van der Waals surface area contributed by atoms with E-state index in [4.69, 9.17) is 4.98 Å². The Kier molecular flexibility index (Phi) is 5.62. The summed E-state index contributed by atoms with van der Waals surface area (Å²) in [6, 6.07) is 0. The molecule has 2 nitrogen and oxygen atoms in total. The second-order valence-electron chi connectivity index (χ2n) is 6.22. The number of thiazole rings is 1. The summed E-state index contributed by atoms with van der Waals surface area (Å²) in [6.45, 7) is 10.0. The van der Waals surface area contributed by atoms with Crippen molar-refractivity contribution in [3.05, 3.63) is 15.6 Å². The molecule has 0 spiro atoms. The first-order valence-corrected chi connectivity index (χ1v) is 9.18. The Morgan fingerprint density at radius 3 is 2.45 bits per heavy atom. The minimum absolute atomic E-state index is 0.168. The fourth-order valence-electron chi connectivity index (χ4n) is 3.63. The van der Waals surface area contributed by atoms with Gasteiger partial charge in [0.1, 0.15) is 5.01 Å². The van der Waals surface area contributed by atoms with Gasteiger partial charge in [-0.05, 0) is 51.5 Å². The van der Waals surface area contributed by atoms with Crippen LogP contribution in [0.25, 0.3) is 0 Å². The molecule has 1 heterocycles.